The minimum absolute atomic E-state index is 0.0794. The Kier molecular flexibility index (Phi) is 4.54. The highest BCUT2D eigenvalue weighted by Crippen LogP contribution is 2.35. The van der Waals surface area contributed by atoms with Crippen LogP contribution in [-0.2, 0) is 0 Å². The molecule has 1 aromatic carbocycles. The van der Waals surface area contributed by atoms with Gasteiger partial charge in [-0.1, -0.05) is 32.4 Å². The quantitative estimate of drug-likeness (QED) is 0.772. The van der Waals surface area contributed by atoms with E-state index >= 15 is 0 Å². The molecule has 0 saturated heterocycles. The first-order valence-corrected chi connectivity index (χ1v) is 8.03. The van der Waals surface area contributed by atoms with E-state index in [-0.39, 0.29) is 5.91 Å². The van der Waals surface area contributed by atoms with Crippen molar-refractivity contribution in [1.82, 2.24) is 5.32 Å². The first-order valence-electron chi connectivity index (χ1n) is 6.95. The van der Waals surface area contributed by atoms with Crippen LogP contribution < -0.4 is 5.32 Å². The fraction of sp³-hybridized carbons (Fsp3) is 0.562. The maximum absolute atomic E-state index is 12.4. The lowest BCUT2D eigenvalue weighted by atomic mass is 9.75. The zero-order valence-electron chi connectivity index (χ0n) is 11.9. The van der Waals surface area contributed by atoms with Crippen molar-refractivity contribution >= 4 is 28.5 Å². The third-order valence-electron chi connectivity index (χ3n) is 3.98. The van der Waals surface area contributed by atoms with E-state index in [1.165, 1.54) is 12.8 Å². The van der Waals surface area contributed by atoms with Crippen molar-refractivity contribution in [3.05, 3.63) is 32.9 Å². The molecule has 1 unspecified atom stereocenters. The maximum Gasteiger partial charge on any atom is 0.252 e. The zero-order chi connectivity index (χ0) is 14.0. The van der Waals surface area contributed by atoms with Gasteiger partial charge in [0.25, 0.3) is 5.91 Å². The number of carbonyl (C=O) groups is 1. The molecule has 0 radical (unpaired) electrons. The van der Waals surface area contributed by atoms with Crippen molar-refractivity contribution in [2.24, 2.45) is 5.41 Å². The number of amides is 1. The Labute approximate surface area is 129 Å². The van der Waals surface area contributed by atoms with Crippen LogP contribution >= 0.6 is 22.6 Å². The molecule has 0 spiro atoms. The average molecular weight is 371 g/mol. The van der Waals surface area contributed by atoms with Crippen LogP contribution in [0.25, 0.3) is 0 Å². The average Bonchev–Trinajstić information content (AvgIpc) is 2.31. The molecule has 19 heavy (non-hydrogen) atoms. The lowest BCUT2D eigenvalue weighted by molar-refractivity contribution is 0.0901. The van der Waals surface area contributed by atoms with Gasteiger partial charge in [0.1, 0.15) is 0 Å². The summed E-state index contributed by atoms with van der Waals surface area (Å²) >= 11 is 2.26. The molecule has 0 aliphatic heterocycles. The largest absolute Gasteiger partial charge is 0.349 e. The monoisotopic (exact) mass is 371 g/mol. The second-order valence-electron chi connectivity index (χ2n) is 6.37. The van der Waals surface area contributed by atoms with E-state index in [1.54, 1.807) is 0 Å². The van der Waals surface area contributed by atoms with Gasteiger partial charge in [0.15, 0.2) is 0 Å². The van der Waals surface area contributed by atoms with Gasteiger partial charge in [0.05, 0.1) is 5.56 Å². The van der Waals surface area contributed by atoms with Crippen molar-refractivity contribution in [2.75, 3.05) is 0 Å². The molecule has 1 amide bonds. The molecule has 2 nitrogen and oxygen atoms in total. The lowest BCUT2D eigenvalue weighted by Crippen LogP contribution is -2.40. The highest BCUT2D eigenvalue weighted by Gasteiger charge is 2.29. The molecule has 1 fully saturated rings. The normalized spacial score (nSPS) is 22.0. The summed E-state index contributed by atoms with van der Waals surface area (Å²) in [7, 11) is 0. The molecule has 104 valence electrons. The number of carbonyl (C=O) groups excluding carboxylic acids is 1. The van der Waals surface area contributed by atoms with Crippen LogP contribution in [0.1, 0.15) is 55.5 Å². The summed E-state index contributed by atoms with van der Waals surface area (Å²) < 4.78 is 1.06. The number of aryl methyl sites for hydroxylation is 1. The van der Waals surface area contributed by atoms with Crippen molar-refractivity contribution in [3.8, 4) is 0 Å². The van der Waals surface area contributed by atoms with Gasteiger partial charge in [-0.05, 0) is 65.8 Å². The third-order valence-corrected chi connectivity index (χ3v) is 5.41. The van der Waals surface area contributed by atoms with Crippen LogP contribution in [0.3, 0.4) is 0 Å². The Morgan fingerprint density at radius 1 is 1.42 bits per heavy atom. The van der Waals surface area contributed by atoms with Gasteiger partial charge in [-0.15, -0.1) is 0 Å². The summed E-state index contributed by atoms with van der Waals surface area (Å²) in [6.45, 7) is 6.63. The van der Waals surface area contributed by atoms with Gasteiger partial charge in [-0.25, -0.2) is 0 Å². The summed E-state index contributed by atoms with van der Waals surface area (Å²) in [4.78, 5) is 12.4. The molecule has 0 bridgehead atoms. The number of benzene rings is 1. The Bertz CT molecular complexity index is 482. The second kappa shape index (κ2) is 5.81. The van der Waals surface area contributed by atoms with E-state index in [9.17, 15) is 4.79 Å². The van der Waals surface area contributed by atoms with Gasteiger partial charge < -0.3 is 5.32 Å². The molecule has 0 aromatic heterocycles. The molecule has 3 heteroatoms. The number of rotatable bonds is 2. The molecular weight excluding hydrogens is 349 g/mol. The minimum Gasteiger partial charge on any atom is -0.349 e. The van der Waals surface area contributed by atoms with Crippen molar-refractivity contribution in [2.45, 2.75) is 52.5 Å². The van der Waals surface area contributed by atoms with E-state index in [2.05, 4.69) is 41.8 Å². The van der Waals surface area contributed by atoms with Crippen LogP contribution in [0.15, 0.2) is 18.2 Å². The molecule has 1 aliphatic rings. The van der Waals surface area contributed by atoms with Crippen LogP contribution in [0.5, 0.6) is 0 Å². The molecule has 1 saturated carbocycles. The zero-order valence-corrected chi connectivity index (χ0v) is 14.1. The number of hydrogen-bond donors (Lipinski definition) is 1. The van der Waals surface area contributed by atoms with E-state index in [4.69, 9.17) is 0 Å². The molecule has 1 aromatic rings. The second-order valence-corrected chi connectivity index (χ2v) is 7.45. The summed E-state index contributed by atoms with van der Waals surface area (Å²) in [6.07, 6.45) is 4.67. The number of hydrogen-bond acceptors (Lipinski definition) is 1. The van der Waals surface area contributed by atoms with E-state index in [1.807, 2.05) is 25.1 Å². The summed E-state index contributed by atoms with van der Waals surface area (Å²) in [6, 6.07) is 6.24. The smallest absolute Gasteiger partial charge is 0.252 e. The lowest BCUT2D eigenvalue weighted by Gasteiger charge is -2.35. The standard InChI is InChI=1S/C16H22INO/c1-11-6-4-8-13(14(11)17)15(19)18-12-7-5-9-16(2,3)10-12/h4,6,8,12H,5,7,9-10H2,1-3H3,(H,18,19). The molecule has 1 atom stereocenters. The molecule has 0 heterocycles. The van der Waals surface area contributed by atoms with Gasteiger partial charge in [-0.2, -0.15) is 0 Å². The summed E-state index contributed by atoms with van der Waals surface area (Å²) in [5.41, 5.74) is 2.33. The fourth-order valence-electron chi connectivity index (χ4n) is 2.91. The highest BCUT2D eigenvalue weighted by molar-refractivity contribution is 14.1. The molecule has 2 rings (SSSR count). The fourth-order valence-corrected chi connectivity index (χ4v) is 3.51. The van der Waals surface area contributed by atoms with Gasteiger partial charge in [0.2, 0.25) is 0 Å². The molecular formula is C16H22INO. The Hall–Kier alpha value is -0.580. The van der Waals surface area contributed by atoms with E-state index in [0.717, 1.165) is 27.5 Å². The topological polar surface area (TPSA) is 29.1 Å². The number of halogens is 1. The number of nitrogens with one attached hydrogen (secondary N) is 1. The highest BCUT2D eigenvalue weighted by atomic mass is 127. The van der Waals surface area contributed by atoms with E-state index < -0.39 is 0 Å². The molecule has 1 N–H and O–H groups in total. The van der Waals surface area contributed by atoms with Crippen molar-refractivity contribution < 1.29 is 4.79 Å². The van der Waals surface area contributed by atoms with Crippen LogP contribution in [0, 0.1) is 15.9 Å². The first kappa shape index (κ1) is 14.8. The predicted molar refractivity (Wildman–Crippen MR) is 87.4 cm³/mol. The Morgan fingerprint density at radius 3 is 2.84 bits per heavy atom. The van der Waals surface area contributed by atoms with Gasteiger partial charge in [-0.3, -0.25) is 4.79 Å². The van der Waals surface area contributed by atoms with Gasteiger partial charge in [0, 0.05) is 9.61 Å². The Morgan fingerprint density at radius 2 is 2.16 bits per heavy atom. The van der Waals surface area contributed by atoms with Crippen molar-refractivity contribution in [1.29, 1.82) is 0 Å². The predicted octanol–water partition coefficient (Wildman–Crippen LogP) is 4.30. The first-order chi connectivity index (χ1) is 8.89. The van der Waals surface area contributed by atoms with Gasteiger partial charge >= 0.3 is 0 Å². The maximum atomic E-state index is 12.4. The third kappa shape index (κ3) is 3.71. The van der Waals surface area contributed by atoms with Crippen LogP contribution in [0.2, 0.25) is 0 Å². The summed E-state index contributed by atoms with van der Waals surface area (Å²) in [5, 5.41) is 3.22. The minimum atomic E-state index is 0.0794. The Balaban J connectivity index is 2.07. The SMILES string of the molecule is Cc1cccc(C(=O)NC2CCCC(C)(C)C2)c1I. The molecule has 1 aliphatic carbocycles. The van der Waals surface area contributed by atoms with E-state index in [0.29, 0.717) is 11.5 Å². The van der Waals surface area contributed by atoms with Crippen LogP contribution in [0.4, 0.5) is 0 Å². The summed E-state index contributed by atoms with van der Waals surface area (Å²) in [5.74, 6) is 0.0794. The van der Waals surface area contributed by atoms with Crippen molar-refractivity contribution in [3.63, 3.8) is 0 Å². The van der Waals surface area contributed by atoms with Crippen LogP contribution in [-0.4, -0.2) is 11.9 Å².